The Hall–Kier alpha value is -1.76. The van der Waals surface area contributed by atoms with Crippen LogP contribution in [0.4, 0.5) is 0 Å². The summed E-state index contributed by atoms with van der Waals surface area (Å²) in [5.41, 5.74) is 1.28. The van der Waals surface area contributed by atoms with Gasteiger partial charge in [0.1, 0.15) is 0 Å². The van der Waals surface area contributed by atoms with Gasteiger partial charge in [-0.3, -0.25) is 0 Å². The molecule has 0 radical (unpaired) electrons. The molecule has 0 spiro atoms. The van der Waals surface area contributed by atoms with Crippen molar-refractivity contribution in [2.45, 2.75) is 5.16 Å². The summed E-state index contributed by atoms with van der Waals surface area (Å²) in [6.07, 6.45) is 5.74. The molecule has 16 heavy (non-hydrogen) atoms. The average molecular weight is 238 g/mol. The topological polar surface area (TPSA) is 77.7 Å². The normalized spacial score (nSPS) is 11.6. The first-order valence-electron chi connectivity index (χ1n) is 4.48. The van der Waals surface area contributed by atoms with Crippen molar-refractivity contribution >= 4 is 9.84 Å². The van der Waals surface area contributed by atoms with E-state index in [1.165, 1.54) is 6.20 Å². The molecule has 2 aromatic heterocycles. The molecule has 0 aliphatic rings. The second kappa shape index (κ2) is 3.67. The van der Waals surface area contributed by atoms with Crippen LogP contribution < -0.4 is 0 Å². The van der Waals surface area contributed by atoms with E-state index in [0.29, 0.717) is 5.69 Å². The molecule has 0 aliphatic carbocycles. The Bertz CT molecular complexity index is 618. The van der Waals surface area contributed by atoms with Gasteiger partial charge in [-0.25, -0.2) is 23.4 Å². The molecule has 0 amide bonds. The predicted molar refractivity (Wildman–Crippen MR) is 57.3 cm³/mol. The van der Waals surface area contributed by atoms with Crippen molar-refractivity contribution in [1.82, 2.24) is 19.5 Å². The maximum atomic E-state index is 11.3. The molecule has 0 aromatic carbocycles. The van der Waals surface area contributed by atoms with Crippen molar-refractivity contribution in [3.05, 3.63) is 24.8 Å². The zero-order chi connectivity index (χ0) is 11.8. The fourth-order valence-electron chi connectivity index (χ4n) is 1.27. The van der Waals surface area contributed by atoms with Crippen molar-refractivity contribution in [3.8, 4) is 11.4 Å². The summed E-state index contributed by atoms with van der Waals surface area (Å²) in [7, 11) is -1.57. The number of sulfone groups is 1. The molecule has 0 atom stereocenters. The standard InChI is InChI=1S/C9H10N4O2S/c1-13-6-10-5-8(13)7-3-4-11-9(12-7)16(2,14)15/h3-6H,1-2H3. The summed E-state index contributed by atoms with van der Waals surface area (Å²) >= 11 is 0. The first kappa shape index (κ1) is 10.7. The van der Waals surface area contributed by atoms with Crippen molar-refractivity contribution in [2.24, 2.45) is 7.05 Å². The van der Waals surface area contributed by atoms with Crippen molar-refractivity contribution in [1.29, 1.82) is 0 Å². The Kier molecular flexibility index (Phi) is 2.47. The van der Waals surface area contributed by atoms with Crippen LogP contribution in [0.25, 0.3) is 11.4 Å². The van der Waals surface area contributed by atoms with Crippen molar-refractivity contribution in [2.75, 3.05) is 6.26 Å². The van der Waals surface area contributed by atoms with Gasteiger partial charge in [-0.1, -0.05) is 0 Å². The van der Waals surface area contributed by atoms with E-state index < -0.39 is 9.84 Å². The third kappa shape index (κ3) is 1.94. The molecule has 84 valence electrons. The van der Waals surface area contributed by atoms with E-state index in [-0.39, 0.29) is 5.16 Å². The van der Waals surface area contributed by atoms with Gasteiger partial charge in [0.2, 0.25) is 15.0 Å². The van der Waals surface area contributed by atoms with Gasteiger partial charge < -0.3 is 4.57 Å². The molecule has 0 N–H and O–H groups in total. The van der Waals surface area contributed by atoms with E-state index in [9.17, 15) is 8.42 Å². The maximum absolute atomic E-state index is 11.3. The Labute approximate surface area is 92.9 Å². The van der Waals surface area contributed by atoms with Crippen LogP contribution in [0.3, 0.4) is 0 Å². The van der Waals surface area contributed by atoms with Gasteiger partial charge in [-0.2, -0.15) is 0 Å². The Morgan fingerprint density at radius 1 is 1.38 bits per heavy atom. The van der Waals surface area contributed by atoms with Crippen LogP contribution >= 0.6 is 0 Å². The van der Waals surface area contributed by atoms with Crippen molar-refractivity contribution in [3.63, 3.8) is 0 Å². The number of rotatable bonds is 2. The predicted octanol–water partition coefficient (Wildman–Crippen LogP) is 0.281. The average Bonchev–Trinajstić information content (AvgIpc) is 2.63. The number of aromatic nitrogens is 4. The Balaban J connectivity index is 2.57. The summed E-state index contributed by atoms with van der Waals surface area (Å²) in [6.45, 7) is 0. The highest BCUT2D eigenvalue weighted by Gasteiger charge is 2.13. The number of nitrogens with zero attached hydrogens (tertiary/aromatic N) is 4. The monoisotopic (exact) mass is 238 g/mol. The highest BCUT2D eigenvalue weighted by Crippen LogP contribution is 2.15. The third-order valence-electron chi connectivity index (χ3n) is 2.04. The van der Waals surface area contributed by atoms with Crippen LogP contribution in [0.15, 0.2) is 29.9 Å². The summed E-state index contributed by atoms with van der Waals surface area (Å²) in [6, 6.07) is 1.64. The summed E-state index contributed by atoms with van der Waals surface area (Å²) in [5, 5.41) is -0.175. The zero-order valence-electron chi connectivity index (χ0n) is 8.82. The van der Waals surface area contributed by atoms with Gasteiger partial charge in [0, 0.05) is 19.5 Å². The molecule has 0 aliphatic heterocycles. The van der Waals surface area contributed by atoms with Gasteiger partial charge in [-0.05, 0) is 6.07 Å². The van der Waals surface area contributed by atoms with Gasteiger partial charge >= 0.3 is 0 Å². The fraction of sp³-hybridized carbons (Fsp3) is 0.222. The first-order valence-corrected chi connectivity index (χ1v) is 6.37. The second-order valence-electron chi connectivity index (χ2n) is 3.39. The molecule has 0 fully saturated rings. The minimum absolute atomic E-state index is 0.175. The highest BCUT2D eigenvalue weighted by molar-refractivity contribution is 7.90. The number of hydrogen-bond donors (Lipinski definition) is 0. The second-order valence-corrected chi connectivity index (χ2v) is 5.30. The molecule has 2 aromatic rings. The lowest BCUT2D eigenvalue weighted by Gasteiger charge is -2.02. The lowest BCUT2D eigenvalue weighted by atomic mass is 10.3. The van der Waals surface area contributed by atoms with Crippen molar-refractivity contribution < 1.29 is 8.42 Å². The van der Waals surface area contributed by atoms with E-state index in [1.807, 2.05) is 7.05 Å². The van der Waals surface area contributed by atoms with Gasteiger partial charge in [0.05, 0.1) is 23.9 Å². The highest BCUT2D eigenvalue weighted by atomic mass is 32.2. The summed E-state index contributed by atoms with van der Waals surface area (Å²) in [5.74, 6) is 0. The van der Waals surface area contributed by atoms with Crippen LogP contribution in [0.5, 0.6) is 0 Å². The Morgan fingerprint density at radius 2 is 2.12 bits per heavy atom. The van der Waals surface area contributed by atoms with Crippen LogP contribution in [0.2, 0.25) is 0 Å². The van der Waals surface area contributed by atoms with Gasteiger partial charge in [-0.15, -0.1) is 0 Å². The number of aryl methyl sites for hydroxylation is 1. The SMILES string of the molecule is Cn1cncc1-c1ccnc(S(C)(=O)=O)n1. The minimum Gasteiger partial charge on any atom is -0.332 e. The largest absolute Gasteiger partial charge is 0.332 e. The first-order chi connectivity index (χ1) is 7.48. The molecule has 6 nitrogen and oxygen atoms in total. The molecule has 0 bridgehead atoms. The Morgan fingerprint density at radius 3 is 2.69 bits per heavy atom. The van der Waals surface area contributed by atoms with E-state index >= 15 is 0 Å². The van der Waals surface area contributed by atoms with Gasteiger partial charge in [0.25, 0.3) is 0 Å². The molecule has 7 heteroatoms. The van der Waals surface area contributed by atoms with Crippen LogP contribution in [0, 0.1) is 0 Å². The minimum atomic E-state index is -3.38. The molecule has 0 saturated heterocycles. The van der Waals surface area contributed by atoms with Crippen LogP contribution in [-0.4, -0.2) is 34.2 Å². The lowest BCUT2D eigenvalue weighted by molar-refractivity contribution is 0.593. The quantitative estimate of drug-likeness (QED) is 0.702. The smallest absolute Gasteiger partial charge is 0.247 e. The fourth-order valence-corrected chi connectivity index (χ4v) is 1.78. The molecule has 2 heterocycles. The van der Waals surface area contributed by atoms with E-state index in [4.69, 9.17) is 0 Å². The maximum Gasteiger partial charge on any atom is 0.247 e. The molecular formula is C9H10N4O2S. The lowest BCUT2D eigenvalue weighted by Crippen LogP contribution is -2.05. The van der Waals surface area contributed by atoms with E-state index in [2.05, 4.69) is 15.0 Å². The molecule has 2 rings (SSSR count). The molecule has 0 unspecified atom stereocenters. The molecule has 0 saturated carbocycles. The van der Waals surface area contributed by atoms with Gasteiger partial charge in [0.15, 0.2) is 0 Å². The third-order valence-corrected chi connectivity index (χ3v) is 2.90. The molecular weight excluding hydrogens is 228 g/mol. The van der Waals surface area contributed by atoms with E-state index in [0.717, 1.165) is 11.9 Å². The van der Waals surface area contributed by atoms with E-state index in [1.54, 1.807) is 23.2 Å². The summed E-state index contributed by atoms with van der Waals surface area (Å²) in [4.78, 5) is 11.7. The van der Waals surface area contributed by atoms with Crippen LogP contribution in [0.1, 0.15) is 0 Å². The zero-order valence-corrected chi connectivity index (χ0v) is 9.64. The number of hydrogen-bond acceptors (Lipinski definition) is 5. The number of imidazole rings is 1. The van der Waals surface area contributed by atoms with Crippen LogP contribution in [-0.2, 0) is 16.9 Å². The summed E-state index contributed by atoms with van der Waals surface area (Å²) < 4.78 is 24.3.